The topological polar surface area (TPSA) is 65.1 Å². The van der Waals surface area contributed by atoms with Crippen LogP contribution in [0.2, 0.25) is 10.0 Å². The molecule has 34 heavy (non-hydrogen) atoms. The number of hydrogen-bond acceptors (Lipinski definition) is 4. The van der Waals surface area contributed by atoms with Crippen LogP contribution in [0.5, 0.6) is 0 Å². The third kappa shape index (κ3) is 5.72. The van der Waals surface area contributed by atoms with E-state index >= 15 is 0 Å². The summed E-state index contributed by atoms with van der Waals surface area (Å²) in [4.78, 5) is 16.9. The summed E-state index contributed by atoms with van der Waals surface area (Å²) in [5.74, 6) is -0.0650. The lowest BCUT2D eigenvalue weighted by molar-refractivity contribution is -0.0228. The molecule has 0 radical (unpaired) electrons. The van der Waals surface area contributed by atoms with Crippen LogP contribution in [0.3, 0.4) is 0 Å². The maximum absolute atomic E-state index is 14.9. The minimum absolute atomic E-state index is 0.0665. The first kappa shape index (κ1) is 25.3. The first-order valence-electron chi connectivity index (χ1n) is 11.1. The fraction of sp³-hybridized carbons (Fsp3) is 0.435. The van der Waals surface area contributed by atoms with Gasteiger partial charge in [0.05, 0.1) is 34.4 Å². The largest absolute Gasteiger partial charge is 0.370 e. The molecule has 4 rings (SSSR count). The van der Waals surface area contributed by atoms with Crippen molar-refractivity contribution in [3.8, 4) is 0 Å². The van der Waals surface area contributed by atoms with Gasteiger partial charge in [0.1, 0.15) is 16.8 Å². The molecule has 0 saturated carbocycles. The van der Waals surface area contributed by atoms with Crippen molar-refractivity contribution in [1.29, 1.82) is 0 Å². The van der Waals surface area contributed by atoms with Crippen LogP contribution in [-0.4, -0.2) is 77.6 Å². The normalized spacial score (nSPS) is 20.3. The minimum Gasteiger partial charge on any atom is -0.370 e. The van der Waals surface area contributed by atoms with E-state index in [0.717, 1.165) is 12.1 Å². The molecule has 1 atom stereocenters. The van der Waals surface area contributed by atoms with Crippen molar-refractivity contribution in [2.45, 2.75) is 6.10 Å². The average molecular weight is 531 g/mol. The van der Waals surface area contributed by atoms with E-state index in [0.29, 0.717) is 32.8 Å². The van der Waals surface area contributed by atoms with Crippen molar-refractivity contribution in [3.63, 3.8) is 0 Å². The molecule has 2 aliphatic heterocycles. The molecule has 0 bridgehead atoms. The molecule has 0 unspecified atom stereocenters. The Hall–Kier alpha value is -1.75. The molecular weight excluding hydrogens is 502 g/mol. The van der Waals surface area contributed by atoms with Gasteiger partial charge in [0.2, 0.25) is 0 Å². The predicted octanol–water partition coefficient (Wildman–Crippen LogP) is 3.84. The lowest BCUT2D eigenvalue weighted by Gasteiger charge is -2.44. The fourth-order valence-corrected chi connectivity index (χ4v) is 6.44. The van der Waals surface area contributed by atoms with E-state index < -0.39 is 10.7 Å². The van der Waals surface area contributed by atoms with Crippen LogP contribution in [-0.2, 0) is 15.4 Å². The summed E-state index contributed by atoms with van der Waals surface area (Å²) in [6.07, 6.45) is -0.248. The third-order valence-corrected chi connectivity index (χ3v) is 8.16. The predicted molar refractivity (Wildman–Crippen MR) is 135 cm³/mol. The molecule has 2 fully saturated rings. The van der Waals surface area contributed by atoms with Crippen LogP contribution in [0.4, 0.5) is 9.57 Å². The number of carbonyl (C=O) groups excluding carboxylic acids is 1. The molecule has 7 nitrogen and oxygen atoms in total. The highest BCUT2D eigenvalue weighted by molar-refractivity contribution is 7.97. The zero-order valence-electron chi connectivity index (χ0n) is 19.1. The number of halogens is 3. The number of carbonyl (C=O) groups is 1. The molecule has 1 N–H and O–H groups in total. The van der Waals surface area contributed by atoms with Gasteiger partial charge < -0.3 is 14.5 Å². The van der Waals surface area contributed by atoms with Gasteiger partial charge in [-0.15, -0.1) is 3.89 Å². The molecule has 186 valence electrons. The summed E-state index contributed by atoms with van der Waals surface area (Å²) in [5.41, 5.74) is 1.28. The Labute approximate surface area is 210 Å². The maximum Gasteiger partial charge on any atom is 0.257 e. The zero-order chi connectivity index (χ0) is 24.5. The number of rotatable bonds is 7. The summed E-state index contributed by atoms with van der Waals surface area (Å²) in [7, 11) is -0.419. The summed E-state index contributed by atoms with van der Waals surface area (Å²) in [5, 5.41) is 0.133. The zero-order valence-corrected chi connectivity index (χ0v) is 21.5. The molecule has 2 aromatic rings. The first-order chi connectivity index (χ1) is 16.1. The number of nitrogens with zero attached hydrogens (tertiary/aromatic N) is 3. The van der Waals surface area contributed by atoms with Crippen LogP contribution in [0.25, 0.3) is 0 Å². The molecule has 0 aliphatic carbocycles. The summed E-state index contributed by atoms with van der Waals surface area (Å²) in [6.45, 7) is 2.75. The standard InChI is InChI=1S/C23H29Cl2FN4O3S/c1-28(2)12-16-13-30(14-16)34(26,32)27-18-10-19(24)22(20(25)11-18)23(31)29-8-9-33-21(15-29)17-6-4-3-5-7-17/h3-7,10-11,16,21,34H,8-9,12-15H2,1-2H3,(H,27,32)/t21-/m1/s1. The Bertz CT molecular complexity index is 1060. The summed E-state index contributed by atoms with van der Waals surface area (Å²) in [6, 6.07) is 12.4. The van der Waals surface area contributed by atoms with Crippen LogP contribution < -0.4 is 4.72 Å². The average Bonchev–Trinajstić information content (AvgIpc) is 2.75. The SMILES string of the molecule is CN(C)CC1CN([SH](=O)(F)Nc2cc(Cl)c(C(=O)N3CCO[C@@H](c4ccccc4)C3)c(Cl)c2)C1. The van der Waals surface area contributed by atoms with E-state index in [-0.39, 0.29) is 39.2 Å². The highest BCUT2D eigenvalue weighted by Crippen LogP contribution is 2.34. The van der Waals surface area contributed by atoms with Gasteiger partial charge in [-0.05, 0) is 37.7 Å². The number of ether oxygens (including phenoxy) is 1. The van der Waals surface area contributed by atoms with Crippen molar-refractivity contribution < 1.29 is 17.6 Å². The summed E-state index contributed by atoms with van der Waals surface area (Å²) < 4.78 is 37.1. The molecule has 0 aromatic heterocycles. The number of thiol groups is 1. The molecule has 2 saturated heterocycles. The first-order valence-corrected chi connectivity index (χ1v) is 13.4. The van der Waals surface area contributed by atoms with Crippen molar-refractivity contribution in [2.24, 2.45) is 5.92 Å². The van der Waals surface area contributed by atoms with Gasteiger partial charge >= 0.3 is 0 Å². The van der Waals surface area contributed by atoms with E-state index in [2.05, 4.69) is 4.72 Å². The Balaban J connectivity index is 1.44. The highest BCUT2D eigenvalue weighted by atomic mass is 35.5. The number of amides is 1. The quantitative estimate of drug-likeness (QED) is 0.421. The van der Waals surface area contributed by atoms with Gasteiger partial charge in [-0.3, -0.25) is 9.52 Å². The third-order valence-electron chi connectivity index (χ3n) is 5.97. The number of nitrogens with one attached hydrogen (secondary N) is 1. The smallest absolute Gasteiger partial charge is 0.257 e. The molecule has 2 aliphatic rings. The van der Waals surface area contributed by atoms with E-state index in [1.54, 1.807) is 4.90 Å². The Kier molecular flexibility index (Phi) is 7.81. The van der Waals surface area contributed by atoms with E-state index in [9.17, 15) is 12.9 Å². The van der Waals surface area contributed by atoms with Crippen molar-refractivity contribution in [3.05, 3.63) is 63.6 Å². The molecule has 2 heterocycles. The maximum atomic E-state index is 14.9. The Morgan fingerprint density at radius 3 is 2.44 bits per heavy atom. The van der Waals surface area contributed by atoms with Gasteiger partial charge in [-0.25, -0.2) is 8.51 Å². The van der Waals surface area contributed by atoms with Crippen LogP contribution in [0.15, 0.2) is 42.5 Å². The second-order valence-electron chi connectivity index (χ2n) is 8.95. The highest BCUT2D eigenvalue weighted by Gasteiger charge is 2.36. The van der Waals surface area contributed by atoms with Crippen LogP contribution >= 0.6 is 23.2 Å². The van der Waals surface area contributed by atoms with Gasteiger partial charge in [0.15, 0.2) is 0 Å². The molecule has 2 aromatic carbocycles. The summed E-state index contributed by atoms with van der Waals surface area (Å²) >= 11 is 12.8. The number of morpholine rings is 1. The lowest BCUT2D eigenvalue weighted by Crippen LogP contribution is -2.55. The van der Waals surface area contributed by atoms with Crippen molar-refractivity contribution in [1.82, 2.24) is 14.1 Å². The van der Waals surface area contributed by atoms with Gasteiger partial charge in [0, 0.05) is 26.2 Å². The van der Waals surface area contributed by atoms with E-state index in [1.807, 2.05) is 49.3 Å². The second-order valence-corrected chi connectivity index (χ2v) is 11.6. The Morgan fingerprint density at radius 1 is 1.18 bits per heavy atom. The molecular formula is C23H29Cl2FN4O3S. The second kappa shape index (κ2) is 10.5. The monoisotopic (exact) mass is 530 g/mol. The number of hydrogen-bond donors (Lipinski definition) is 2. The van der Waals surface area contributed by atoms with Gasteiger partial charge in [-0.1, -0.05) is 53.5 Å². The lowest BCUT2D eigenvalue weighted by atomic mass is 10.0. The van der Waals surface area contributed by atoms with Crippen LogP contribution in [0.1, 0.15) is 22.0 Å². The van der Waals surface area contributed by atoms with E-state index in [4.69, 9.17) is 27.9 Å². The Morgan fingerprint density at radius 2 is 1.82 bits per heavy atom. The number of anilines is 1. The van der Waals surface area contributed by atoms with Gasteiger partial charge in [0.25, 0.3) is 5.91 Å². The minimum atomic E-state index is -4.31. The van der Waals surface area contributed by atoms with Crippen molar-refractivity contribution in [2.75, 3.05) is 58.1 Å². The van der Waals surface area contributed by atoms with Crippen LogP contribution in [0, 0.1) is 5.92 Å². The number of benzene rings is 2. The fourth-order valence-electron chi connectivity index (χ4n) is 4.32. The molecule has 1 amide bonds. The molecule has 0 spiro atoms. The van der Waals surface area contributed by atoms with Gasteiger partial charge in [-0.2, -0.15) is 0 Å². The van der Waals surface area contributed by atoms with E-state index in [1.165, 1.54) is 16.4 Å². The van der Waals surface area contributed by atoms with Crippen molar-refractivity contribution >= 4 is 45.5 Å². The molecule has 11 heteroatoms.